The number of hydrogen-bond acceptors (Lipinski definition) is 2. The Labute approximate surface area is 123 Å². The number of ether oxygens (including phenoxy) is 1. The predicted octanol–water partition coefficient (Wildman–Crippen LogP) is 3.83. The van der Waals surface area contributed by atoms with Crippen molar-refractivity contribution in [2.45, 2.75) is 57.4 Å². The standard InChI is InChI=1S/C18H29NO/c1-19-10-9-18-8-4-3-5-15(18)17(19)11-13-6-7-14(20-2)12-16(13)18/h12-13,15-17H,3-11H2,1-2H3/t13?,15-,16?,17+,18+/m1/s1. The molecule has 0 aromatic heterocycles. The summed E-state index contributed by atoms with van der Waals surface area (Å²) in [5, 5.41) is 0. The summed E-state index contributed by atoms with van der Waals surface area (Å²) < 4.78 is 5.63. The van der Waals surface area contributed by atoms with Gasteiger partial charge in [0, 0.05) is 12.5 Å². The van der Waals surface area contributed by atoms with Crippen molar-refractivity contribution in [2.75, 3.05) is 20.7 Å². The van der Waals surface area contributed by atoms with Crippen LogP contribution in [0.15, 0.2) is 11.8 Å². The molecule has 0 aromatic rings. The first kappa shape index (κ1) is 13.2. The van der Waals surface area contributed by atoms with E-state index in [-0.39, 0.29) is 0 Å². The Morgan fingerprint density at radius 3 is 3.00 bits per heavy atom. The first-order valence-corrected chi connectivity index (χ1v) is 8.69. The molecule has 5 atom stereocenters. The van der Waals surface area contributed by atoms with Gasteiger partial charge in [-0.25, -0.2) is 0 Å². The predicted molar refractivity (Wildman–Crippen MR) is 81.3 cm³/mol. The second-order valence-corrected chi connectivity index (χ2v) is 7.78. The fraction of sp³-hybridized carbons (Fsp3) is 0.889. The van der Waals surface area contributed by atoms with Crippen LogP contribution < -0.4 is 0 Å². The molecule has 4 aliphatic rings. The van der Waals surface area contributed by atoms with Gasteiger partial charge in [-0.2, -0.15) is 0 Å². The molecule has 2 heteroatoms. The second kappa shape index (κ2) is 4.76. The Balaban J connectivity index is 1.75. The average Bonchev–Trinajstić information content (AvgIpc) is 2.50. The van der Waals surface area contributed by atoms with Crippen LogP contribution in [0.4, 0.5) is 0 Å². The molecule has 0 aromatic carbocycles. The third-order valence-electron chi connectivity index (χ3n) is 7.21. The summed E-state index contributed by atoms with van der Waals surface area (Å²) in [5.74, 6) is 3.99. The number of likely N-dealkylation sites (tertiary alicyclic amines) is 1. The molecule has 112 valence electrons. The minimum Gasteiger partial charge on any atom is -0.501 e. The molecule has 0 N–H and O–H groups in total. The van der Waals surface area contributed by atoms with Crippen molar-refractivity contribution in [1.29, 1.82) is 0 Å². The van der Waals surface area contributed by atoms with Gasteiger partial charge >= 0.3 is 0 Å². The van der Waals surface area contributed by atoms with Crippen molar-refractivity contribution >= 4 is 0 Å². The number of nitrogens with zero attached hydrogens (tertiary/aromatic N) is 1. The molecule has 4 rings (SSSR count). The summed E-state index contributed by atoms with van der Waals surface area (Å²) in [6.45, 7) is 1.32. The van der Waals surface area contributed by atoms with Crippen LogP contribution in [0.5, 0.6) is 0 Å². The zero-order chi connectivity index (χ0) is 13.7. The number of hydrogen-bond donors (Lipinski definition) is 0. The van der Waals surface area contributed by atoms with Gasteiger partial charge in [0.1, 0.15) is 0 Å². The van der Waals surface area contributed by atoms with Crippen LogP contribution >= 0.6 is 0 Å². The summed E-state index contributed by atoms with van der Waals surface area (Å²) >= 11 is 0. The first-order chi connectivity index (χ1) is 9.74. The monoisotopic (exact) mass is 275 g/mol. The van der Waals surface area contributed by atoms with Crippen LogP contribution in [-0.2, 0) is 4.74 Å². The van der Waals surface area contributed by atoms with Gasteiger partial charge in [-0.05, 0) is 74.9 Å². The third-order valence-corrected chi connectivity index (χ3v) is 7.21. The van der Waals surface area contributed by atoms with Crippen molar-refractivity contribution in [3.8, 4) is 0 Å². The van der Waals surface area contributed by atoms with E-state index in [2.05, 4.69) is 18.0 Å². The minimum absolute atomic E-state index is 0.628. The second-order valence-electron chi connectivity index (χ2n) is 7.78. The van der Waals surface area contributed by atoms with Crippen molar-refractivity contribution in [3.63, 3.8) is 0 Å². The molecular weight excluding hydrogens is 246 g/mol. The Hall–Kier alpha value is -0.500. The van der Waals surface area contributed by atoms with E-state index >= 15 is 0 Å². The van der Waals surface area contributed by atoms with Crippen LogP contribution in [-0.4, -0.2) is 31.6 Å². The molecule has 0 spiro atoms. The summed E-state index contributed by atoms with van der Waals surface area (Å²) in [5.41, 5.74) is 0.628. The van der Waals surface area contributed by atoms with Gasteiger partial charge in [0.25, 0.3) is 0 Å². The quantitative estimate of drug-likeness (QED) is 0.721. The van der Waals surface area contributed by atoms with E-state index in [1.807, 2.05) is 7.11 Å². The normalized spacial score (nSPS) is 48.0. The maximum absolute atomic E-state index is 5.63. The lowest BCUT2D eigenvalue weighted by molar-refractivity contribution is -0.126. The fourth-order valence-electron chi connectivity index (χ4n) is 6.27. The van der Waals surface area contributed by atoms with Crippen LogP contribution in [0.25, 0.3) is 0 Å². The maximum Gasteiger partial charge on any atom is 0.0918 e. The molecule has 3 fully saturated rings. The largest absolute Gasteiger partial charge is 0.501 e. The first-order valence-electron chi connectivity index (χ1n) is 8.69. The van der Waals surface area contributed by atoms with Gasteiger partial charge in [-0.3, -0.25) is 0 Å². The van der Waals surface area contributed by atoms with E-state index in [1.165, 1.54) is 63.7 Å². The van der Waals surface area contributed by atoms with Crippen molar-refractivity contribution in [1.82, 2.24) is 4.90 Å². The highest BCUT2D eigenvalue weighted by atomic mass is 16.5. The summed E-state index contributed by atoms with van der Waals surface area (Å²) in [6, 6.07) is 0.878. The van der Waals surface area contributed by atoms with E-state index < -0.39 is 0 Å². The van der Waals surface area contributed by atoms with E-state index in [0.717, 1.165) is 23.8 Å². The third kappa shape index (κ3) is 1.73. The van der Waals surface area contributed by atoms with E-state index in [4.69, 9.17) is 4.74 Å². The Morgan fingerprint density at radius 2 is 2.15 bits per heavy atom. The topological polar surface area (TPSA) is 12.5 Å². The molecule has 0 amide bonds. The molecule has 2 bridgehead atoms. The van der Waals surface area contributed by atoms with Gasteiger partial charge in [-0.15, -0.1) is 0 Å². The lowest BCUT2D eigenvalue weighted by atomic mass is 9.46. The van der Waals surface area contributed by atoms with Crippen LogP contribution in [0.3, 0.4) is 0 Å². The maximum atomic E-state index is 5.63. The molecule has 3 aliphatic carbocycles. The van der Waals surface area contributed by atoms with Crippen molar-refractivity contribution in [3.05, 3.63) is 11.8 Å². The number of allylic oxidation sites excluding steroid dienone is 2. The van der Waals surface area contributed by atoms with Gasteiger partial charge in [0.05, 0.1) is 12.9 Å². The number of methoxy groups -OCH3 is 1. The molecule has 1 saturated heterocycles. The van der Waals surface area contributed by atoms with Gasteiger partial charge in [0.2, 0.25) is 0 Å². The zero-order valence-electron chi connectivity index (χ0n) is 13.1. The molecule has 2 nitrogen and oxygen atoms in total. The van der Waals surface area contributed by atoms with Gasteiger partial charge in [0.15, 0.2) is 0 Å². The Kier molecular flexibility index (Phi) is 3.14. The van der Waals surface area contributed by atoms with Crippen molar-refractivity contribution < 1.29 is 4.74 Å². The summed E-state index contributed by atoms with van der Waals surface area (Å²) in [4.78, 5) is 2.69. The molecular formula is C18H29NO. The highest BCUT2D eigenvalue weighted by molar-refractivity contribution is 5.17. The van der Waals surface area contributed by atoms with E-state index in [9.17, 15) is 0 Å². The van der Waals surface area contributed by atoms with Crippen LogP contribution in [0.2, 0.25) is 0 Å². The average molecular weight is 275 g/mol. The molecule has 1 aliphatic heterocycles. The lowest BCUT2D eigenvalue weighted by Crippen LogP contribution is -2.62. The van der Waals surface area contributed by atoms with Crippen molar-refractivity contribution in [2.24, 2.45) is 23.2 Å². The molecule has 2 unspecified atom stereocenters. The lowest BCUT2D eigenvalue weighted by Gasteiger charge is -2.63. The zero-order valence-corrected chi connectivity index (χ0v) is 13.1. The molecule has 0 radical (unpaired) electrons. The van der Waals surface area contributed by atoms with Crippen LogP contribution in [0, 0.1) is 23.2 Å². The number of piperidine rings is 1. The SMILES string of the molecule is COC1=CC2C(CC1)C[C@H]1[C@H]3CCCC[C@@]23CCN1C. The van der Waals surface area contributed by atoms with Crippen LogP contribution in [0.1, 0.15) is 51.4 Å². The molecule has 2 saturated carbocycles. The summed E-state index contributed by atoms with van der Waals surface area (Å²) in [6.07, 6.45) is 13.9. The molecule has 20 heavy (non-hydrogen) atoms. The Morgan fingerprint density at radius 1 is 1.25 bits per heavy atom. The molecule has 1 heterocycles. The van der Waals surface area contributed by atoms with E-state index in [0.29, 0.717) is 5.41 Å². The summed E-state index contributed by atoms with van der Waals surface area (Å²) in [7, 11) is 4.24. The highest BCUT2D eigenvalue weighted by Gasteiger charge is 2.58. The Bertz CT molecular complexity index is 418. The minimum atomic E-state index is 0.628. The van der Waals surface area contributed by atoms with E-state index in [1.54, 1.807) is 0 Å². The smallest absolute Gasteiger partial charge is 0.0918 e. The van der Waals surface area contributed by atoms with Gasteiger partial charge < -0.3 is 9.64 Å². The number of rotatable bonds is 1. The number of fused-ring (bicyclic) bond motifs is 1. The fourth-order valence-corrected chi connectivity index (χ4v) is 6.27. The van der Waals surface area contributed by atoms with Gasteiger partial charge in [-0.1, -0.05) is 12.8 Å². The highest BCUT2D eigenvalue weighted by Crippen LogP contribution is 2.62.